The molecule has 0 saturated carbocycles. The minimum Gasteiger partial charge on any atom is -0.478 e. The summed E-state index contributed by atoms with van der Waals surface area (Å²) < 4.78 is 12.1. The van der Waals surface area contributed by atoms with Crippen LogP contribution in [0.3, 0.4) is 0 Å². The Kier molecular flexibility index (Phi) is 4.78. The lowest BCUT2D eigenvalue weighted by atomic mass is 9.93. The van der Waals surface area contributed by atoms with E-state index in [1.54, 1.807) is 48.5 Å². The second-order valence-corrected chi connectivity index (χ2v) is 6.22. The number of hydrogen-bond acceptors (Lipinski definition) is 4. The quantitative estimate of drug-likeness (QED) is 0.638. The van der Waals surface area contributed by atoms with Crippen LogP contribution in [0.5, 0.6) is 11.5 Å². The molecule has 0 unspecified atom stereocenters. The number of benzene rings is 3. The highest BCUT2D eigenvalue weighted by molar-refractivity contribution is 5.70. The first-order valence-electron chi connectivity index (χ1n) is 8.78. The summed E-state index contributed by atoms with van der Waals surface area (Å²) >= 11 is 0. The van der Waals surface area contributed by atoms with Gasteiger partial charge in [0.25, 0.3) is 0 Å². The van der Waals surface area contributed by atoms with Gasteiger partial charge >= 0.3 is 0 Å². The summed E-state index contributed by atoms with van der Waals surface area (Å²) in [5, 5.41) is 17.9. The van der Waals surface area contributed by atoms with Crippen molar-refractivity contribution in [3.05, 3.63) is 107 Å². The SMILES string of the molecule is N#Cc1ccc(O[C]2CC=C(Oc3ccc(C#N)cc3)c3ccccc32)cc1. The van der Waals surface area contributed by atoms with Gasteiger partial charge in [0.05, 0.1) is 23.3 Å². The van der Waals surface area contributed by atoms with E-state index in [2.05, 4.69) is 12.1 Å². The van der Waals surface area contributed by atoms with Crippen LogP contribution >= 0.6 is 0 Å². The zero-order valence-corrected chi connectivity index (χ0v) is 14.9. The Balaban J connectivity index is 1.57. The Hall–Kier alpha value is -4.02. The van der Waals surface area contributed by atoms with Crippen LogP contribution < -0.4 is 9.47 Å². The summed E-state index contributed by atoms with van der Waals surface area (Å²) in [7, 11) is 0. The summed E-state index contributed by atoms with van der Waals surface area (Å²) in [6.45, 7) is 0. The summed E-state index contributed by atoms with van der Waals surface area (Å²) in [5.41, 5.74) is 3.11. The molecule has 0 aliphatic heterocycles. The topological polar surface area (TPSA) is 66.0 Å². The molecule has 0 fully saturated rings. The molecule has 1 radical (unpaired) electrons. The Labute approximate surface area is 163 Å². The van der Waals surface area contributed by atoms with Crippen molar-refractivity contribution in [2.45, 2.75) is 6.42 Å². The van der Waals surface area contributed by atoms with Crippen LogP contribution in [0.1, 0.15) is 28.7 Å². The fraction of sp³-hybridized carbons (Fsp3) is 0.0417. The Bertz CT molecular complexity index is 1100. The second-order valence-electron chi connectivity index (χ2n) is 6.22. The molecule has 0 bridgehead atoms. The van der Waals surface area contributed by atoms with Crippen molar-refractivity contribution in [1.29, 1.82) is 10.5 Å². The molecule has 0 saturated heterocycles. The van der Waals surface area contributed by atoms with Gasteiger partial charge in [0.2, 0.25) is 0 Å². The number of fused-ring (bicyclic) bond motifs is 1. The molecule has 4 nitrogen and oxygen atoms in total. The molecule has 0 N–H and O–H groups in total. The average Bonchev–Trinajstić information content (AvgIpc) is 2.76. The predicted octanol–water partition coefficient (Wildman–Crippen LogP) is 5.21. The highest BCUT2D eigenvalue weighted by atomic mass is 16.5. The molecule has 1 aliphatic carbocycles. The van der Waals surface area contributed by atoms with Crippen LogP contribution in [0.2, 0.25) is 0 Å². The van der Waals surface area contributed by atoms with Crippen LogP contribution in [0.15, 0.2) is 78.9 Å². The first-order chi connectivity index (χ1) is 13.8. The first-order valence-corrected chi connectivity index (χ1v) is 8.78. The van der Waals surface area contributed by atoms with E-state index in [-0.39, 0.29) is 0 Å². The number of ether oxygens (including phenoxy) is 2. The minimum absolute atomic E-state index is 0.586. The van der Waals surface area contributed by atoms with Crippen LogP contribution in [-0.2, 0) is 0 Å². The van der Waals surface area contributed by atoms with Crippen LogP contribution in [-0.4, -0.2) is 0 Å². The fourth-order valence-corrected chi connectivity index (χ4v) is 3.00. The molecular formula is C24H15N2O2. The zero-order chi connectivity index (χ0) is 19.3. The lowest BCUT2D eigenvalue weighted by molar-refractivity contribution is 0.341. The number of nitriles is 2. The van der Waals surface area contributed by atoms with Gasteiger partial charge in [-0.3, -0.25) is 0 Å². The Morgan fingerprint density at radius 2 is 1.18 bits per heavy atom. The third-order valence-corrected chi connectivity index (χ3v) is 4.40. The highest BCUT2D eigenvalue weighted by Gasteiger charge is 2.25. The second kappa shape index (κ2) is 7.70. The van der Waals surface area contributed by atoms with Gasteiger partial charge in [0.15, 0.2) is 6.10 Å². The number of rotatable bonds is 4. The fourth-order valence-electron chi connectivity index (χ4n) is 3.00. The van der Waals surface area contributed by atoms with Crippen molar-refractivity contribution in [3.8, 4) is 23.6 Å². The zero-order valence-electron chi connectivity index (χ0n) is 14.9. The van der Waals surface area contributed by atoms with E-state index >= 15 is 0 Å². The van der Waals surface area contributed by atoms with Gasteiger partial charge in [0.1, 0.15) is 17.3 Å². The molecule has 0 amide bonds. The van der Waals surface area contributed by atoms with E-state index in [9.17, 15) is 0 Å². The van der Waals surface area contributed by atoms with Gasteiger partial charge in [-0.1, -0.05) is 24.3 Å². The van der Waals surface area contributed by atoms with Crippen molar-refractivity contribution in [2.75, 3.05) is 0 Å². The summed E-state index contributed by atoms with van der Waals surface area (Å²) in [6.07, 6.45) is 3.40. The van der Waals surface area contributed by atoms with Crippen LogP contribution in [0.25, 0.3) is 5.76 Å². The molecular weight excluding hydrogens is 348 g/mol. The van der Waals surface area contributed by atoms with E-state index in [0.29, 0.717) is 29.0 Å². The van der Waals surface area contributed by atoms with Crippen molar-refractivity contribution in [3.63, 3.8) is 0 Å². The maximum Gasteiger partial charge on any atom is 0.182 e. The highest BCUT2D eigenvalue weighted by Crippen LogP contribution is 2.36. The number of hydrogen-bond donors (Lipinski definition) is 0. The molecule has 133 valence electrons. The van der Waals surface area contributed by atoms with Gasteiger partial charge in [0, 0.05) is 17.5 Å². The first kappa shape index (κ1) is 17.4. The molecule has 0 aromatic heterocycles. The molecule has 4 heteroatoms. The predicted molar refractivity (Wildman–Crippen MR) is 105 cm³/mol. The van der Waals surface area contributed by atoms with Crippen molar-refractivity contribution in [2.24, 2.45) is 0 Å². The smallest absolute Gasteiger partial charge is 0.182 e. The van der Waals surface area contributed by atoms with E-state index in [1.165, 1.54) is 0 Å². The van der Waals surface area contributed by atoms with Gasteiger partial charge in [-0.2, -0.15) is 10.5 Å². The van der Waals surface area contributed by atoms with Gasteiger partial charge in [-0.25, -0.2) is 0 Å². The van der Waals surface area contributed by atoms with Gasteiger partial charge in [-0.05, 0) is 54.6 Å². The summed E-state index contributed by atoms with van der Waals surface area (Å²) in [6, 6.07) is 26.2. The van der Waals surface area contributed by atoms with E-state index < -0.39 is 0 Å². The monoisotopic (exact) mass is 363 g/mol. The lowest BCUT2D eigenvalue weighted by Gasteiger charge is -2.25. The molecule has 4 rings (SSSR count). The van der Waals surface area contributed by atoms with Crippen LogP contribution in [0, 0.1) is 28.8 Å². The summed E-state index contributed by atoms with van der Waals surface area (Å²) in [4.78, 5) is 0. The Morgan fingerprint density at radius 1 is 0.643 bits per heavy atom. The third-order valence-electron chi connectivity index (χ3n) is 4.40. The van der Waals surface area contributed by atoms with Gasteiger partial charge in [-0.15, -0.1) is 0 Å². The molecule has 0 heterocycles. The Morgan fingerprint density at radius 3 is 1.75 bits per heavy atom. The van der Waals surface area contributed by atoms with Crippen molar-refractivity contribution in [1.82, 2.24) is 0 Å². The summed E-state index contributed by atoms with van der Waals surface area (Å²) in [5.74, 6) is 2.12. The van der Waals surface area contributed by atoms with Crippen molar-refractivity contribution < 1.29 is 9.47 Å². The number of nitrogens with zero attached hydrogens (tertiary/aromatic N) is 2. The lowest BCUT2D eigenvalue weighted by Crippen LogP contribution is -2.15. The maximum absolute atomic E-state index is 8.93. The van der Waals surface area contributed by atoms with Crippen LogP contribution in [0.4, 0.5) is 0 Å². The molecule has 3 aromatic rings. The van der Waals surface area contributed by atoms with Crippen molar-refractivity contribution >= 4 is 5.76 Å². The maximum atomic E-state index is 8.93. The van der Waals surface area contributed by atoms with E-state index in [4.69, 9.17) is 20.0 Å². The molecule has 0 spiro atoms. The standard InChI is InChI=1S/C24H15N2O2/c25-15-17-5-9-19(10-6-17)27-23-13-14-24(22-4-2-1-3-21(22)23)28-20-11-7-18(16-26)8-12-20/h1-13H,14H2. The molecule has 1 aliphatic rings. The third kappa shape index (κ3) is 3.58. The van der Waals surface area contributed by atoms with Gasteiger partial charge < -0.3 is 9.47 Å². The van der Waals surface area contributed by atoms with E-state index in [0.717, 1.165) is 23.0 Å². The average molecular weight is 363 g/mol. The largest absolute Gasteiger partial charge is 0.478 e. The molecule has 0 atom stereocenters. The normalized spacial score (nSPS) is 12.9. The minimum atomic E-state index is 0.586. The molecule has 28 heavy (non-hydrogen) atoms. The van der Waals surface area contributed by atoms with E-state index in [1.807, 2.05) is 30.3 Å². The molecule has 3 aromatic carbocycles.